The minimum Gasteiger partial charge on any atom is -0.456 e. The average molecular weight is 482 g/mol. The van der Waals surface area contributed by atoms with Crippen LogP contribution in [0.1, 0.15) is 29.5 Å². The van der Waals surface area contributed by atoms with Gasteiger partial charge in [-0.2, -0.15) is 0 Å². The molecule has 0 bridgehead atoms. The summed E-state index contributed by atoms with van der Waals surface area (Å²) in [7, 11) is 0. The molecule has 0 unspecified atom stereocenters. The predicted molar refractivity (Wildman–Crippen MR) is 117 cm³/mol. The van der Waals surface area contributed by atoms with Crippen LogP contribution in [-0.4, -0.2) is 24.4 Å². The number of carbonyl (C=O) groups is 3. The molecule has 0 saturated heterocycles. The molecule has 2 aromatic carbocycles. The zero-order valence-electron chi connectivity index (χ0n) is 16.4. The molecule has 8 heteroatoms. The zero-order chi connectivity index (χ0) is 21.6. The van der Waals surface area contributed by atoms with Gasteiger partial charge in [-0.3, -0.25) is 14.4 Å². The number of halogens is 2. The largest absolute Gasteiger partial charge is 0.456 e. The van der Waals surface area contributed by atoms with Gasteiger partial charge in [0.05, 0.1) is 11.4 Å². The van der Waals surface area contributed by atoms with Gasteiger partial charge in [0.15, 0.2) is 6.61 Å². The van der Waals surface area contributed by atoms with Crippen LogP contribution >= 0.6 is 27.5 Å². The number of amides is 2. The van der Waals surface area contributed by atoms with E-state index < -0.39 is 18.5 Å². The van der Waals surface area contributed by atoms with Crippen molar-refractivity contribution >= 4 is 56.7 Å². The zero-order valence-corrected chi connectivity index (χ0v) is 18.7. The van der Waals surface area contributed by atoms with Crippen LogP contribution in [0.3, 0.4) is 0 Å². The first-order valence-electron chi connectivity index (χ1n) is 8.94. The van der Waals surface area contributed by atoms with Crippen molar-refractivity contribution in [2.24, 2.45) is 0 Å². The topological polar surface area (TPSA) is 84.5 Å². The van der Waals surface area contributed by atoms with Gasteiger partial charge in [0.25, 0.3) is 5.91 Å². The first-order valence-corrected chi connectivity index (χ1v) is 10.1. The van der Waals surface area contributed by atoms with Crippen molar-refractivity contribution in [1.82, 2.24) is 0 Å². The van der Waals surface area contributed by atoms with Crippen molar-refractivity contribution in [3.8, 4) is 0 Å². The van der Waals surface area contributed by atoms with Crippen LogP contribution in [0.5, 0.6) is 0 Å². The molecule has 2 rings (SSSR count). The number of benzene rings is 2. The van der Waals surface area contributed by atoms with E-state index in [1.807, 2.05) is 39.0 Å². The molecule has 0 heterocycles. The Bertz CT molecular complexity index is 947. The van der Waals surface area contributed by atoms with Crippen LogP contribution in [0.15, 0.2) is 34.8 Å². The van der Waals surface area contributed by atoms with Gasteiger partial charge < -0.3 is 15.4 Å². The third kappa shape index (κ3) is 7.18. The lowest BCUT2D eigenvalue weighted by molar-refractivity contribution is -0.147. The van der Waals surface area contributed by atoms with Crippen LogP contribution in [-0.2, 0) is 19.1 Å². The number of ether oxygens (including phenoxy) is 1. The molecule has 0 aliphatic carbocycles. The molecule has 0 spiro atoms. The lowest BCUT2D eigenvalue weighted by Gasteiger charge is -2.11. The minimum atomic E-state index is -0.623. The summed E-state index contributed by atoms with van der Waals surface area (Å²) in [5.41, 5.74) is 4.02. The van der Waals surface area contributed by atoms with Crippen LogP contribution < -0.4 is 10.6 Å². The minimum absolute atomic E-state index is 0.0325. The molecular formula is C21H22BrClN2O4. The quantitative estimate of drug-likeness (QED) is 0.549. The number of hydrogen-bond acceptors (Lipinski definition) is 4. The second-order valence-electron chi connectivity index (χ2n) is 6.66. The summed E-state index contributed by atoms with van der Waals surface area (Å²) >= 11 is 9.33. The number of rotatable bonds is 7. The Hall–Kier alpha value is -2.38. The highest BCUT2D eigenvalue weighted by molar-refractivity contribution is 9.10. The van der Waals surface area contributed by atoms with Crippen molar-refractivity contribution in [3.05, 3.63) is 56.5 Å². The van der Waals surface area contributed by atoms with Gasteiger partial charge in [-0.05, 0) is 71.6 Å². The Balaban J connectivity index is 1.76. The van der Waals surface area contributed by atoms with E-state index in [0.29, 0.717) is 16.4 Å². The van der Waals surface area contributed by atoms with E-state index in [0.717, 1.165) is 21.2 Å². The number of aryl methyl sites for hydroxylation is 3. The van der Waals surface area contributed by atoms with Gasteiger partial charge in [0.1, 0.15) is 0 Å². The predicted octanol–water partition coefficient (Wildman–Crippen LogP) is 4.93. The molecule has 0 radical (unpaired) electrons. The Morgan fingerprint density at radius 2 is 1.59 bits per heavy atom. The summed E-state index contributed by atoms with van der Waals surface area (Å²) in [6, 6.07) is 9.12. The monoisotopic (exact) mass is 480 g/mol. The van der Waals surface area contributed by atoms with E-state index in [2.05, 4.69) is 26.6 Å². The van der Waals surface area contributed by atoms with E-state index >= 15 is 0 Å². The molecule has 0 fully saturated rings. The van der Waals surface area contributed by atoms with Crippen LogP contribution in [0.4, 0.5) is 11.4 Å². The maximum absolute atomic E-state index is 12.0. The summed E-state index contributed by atoms with van der Waals surface area (Å²) in [5, 5.41) is 5.88. The van der Waals surface area contributed by atoms with E-state index in [4.69, 9.17) is 16.3 Å². The lowest BCUT2D eigenvalue weighted by atomic mass is 10.1. The molecule has 0 aliphatic rings. The maximum Gasteiger partial charge on any atom is 0.306 e. The number of nitrogens with one attached hydrogen (secondary N) is 2. The number of esters is 1. The third-order valence-electron chi connectivity index (χ3n) is 4.13. The summed E-state index contributed by atoms with van der Waals surface area (Å²) in [4.78, 5) is 35.9. The molecule has 0 aliphatic heterocycles. The Morgan fingerprint density at radius 1 is 0.931 bits per heavy atom. The molecule has 0 aromatic heterocycles. The SMILES string of the molecule is Cc1ccc(C)c(NC(=O)CCC(=O)OCC(=O)Nc2cc(Cl)c(Br)cc2C)c1. The smallest absolute Gasteiger partial charge is 0.306 e. The normalized spacial score (nSPS) is 10.4. The summed E-state index contributed by atoms with van der Waals surface area (Å²) in [6.07, 6.45) is -0.150. The van der Waals surface area contributed by atoms with E-state index in [9.17, 15) is 14.4 Å². The van der Waals surface area contributed by atoms with E-state index in [1.165, 1.54) is 0 Å². The van der Waals surface area contributed by atoms with Crippen LogP contribution in [0.25, 0.3) is 0 Å². The first-order chi connectivity index (χ1) is 13.7. The Labute approximate surface area is 183 Å². The molecule has 29 heavy (non-hydrogen) atoms. The number of anilines is 2. The summed E-state index contributed by atoms with van der Waals surface area (Å²) in [6.45, 7) is 5.20. The van der Waals surface area contributed by atoms with E-state index in [-0.39, 0.29) is 18.7 Å². The van der Waals surface area contributed by atoms with Gasteiger partial charge in [-0.1, -0.05) is 23.7 Å². The molecule has 154 valence electrons. The average Bonchev–Trinajstić information content (AvgIpc) is 2.65. The Kier molecular flexibility index (Phi) is 8.22. The van der Waals surface area contributed by atoms with Gasteiger partial charge >= 0.3 is 5.97 Å². The van der Waals surface area contributed by atoms with Gasteiger partial charge in [-0.25, -0.2) is 0 Å². The molecular weight excluding hydrogens is 460 g/mol. The van der Waals surface area contributed by atoms with Crippen LogP contribution in [0, 0.1) is 20.8 Å². The summed E-state index contributed by atoms with van der Waals surface area (Å²) < 4.78 is 5.66. The fourth-order valence-corrected chi connectivity index (χ4v) is 3.11. The van der Waals surface area contributed by atoms with Crippen molar-refractivity contribution in [2.75, 3.05) is 17.2 Å². The second-order valence-corrected chi connectivity index (χ2v) is 7.92. The molecule has 0 atom stereocenters. The molecule has 2 amide bonds. The highest BCUT2D eigenvalue weighted by Gasteiger charge is 2.13. The van der Waals surface area contributed by atoms with E-state index in [1.54, 1.807) is 12.1 Å². The fraction of sp³-hybridized carbons (Fsp3) is 0.286. The second kappa shape index (κ2) is 10.4. The van der Waals surface area contributed by atoms with Crippen molar-refractivity contribution < 1.29 is 19.1 Å². The Morgan fingerprint density at radius 3 is 2.31 bits per heavy atom. The molecule has 6 nitrogen and oxygen atoms in total. The molecule has 2 aromatic rings. The number of hydrogen-bond donors (Lipinski definition) is 2. The van der Waals surface area contributed by atoms with Gasteiger partial charge in [0, 0.05) is 22.3 Å². The standard InChI is InChI=1S/C21H22BrClN2O4/c1-12-4-5-13(2)17(8-12)24-19(26)6-7-21(28)29-11-20(27)25-18-10-16(23)15(22)9-14(18)3/h4-5,8-10H,6-7,11H2,1-3H3,(H,24,26)(H,25,27). The third-order valence-corrected chi connectivity index (χ3v) is 5.33. The number of carbonyl (C=O) groups excluding carboxylic acids is 3. The maximum atomic E-state index is 12.0. The highest BCUT2D eigenvalue weighted by atomic mass is 79.9. The van der Waals surface area contributed by atoms with Crippen molar-refractivity contribution in [2.45, 2.75) is 33.6 Å². The van der Waals surface area contributed by atoms with Gasteiger partial charge in [0.2, 0.25) is 5.91 Å². The van der Waals surface area contributed by atoms with Gasteiger partial charge in [-0.15, -0.1) is 0 Å². The molecule has 2 N–H and O–H groups in total. The summed E-state index contributed by atoms with van der Waals surface area (Å²) in [5.74, 6) is -1.40. The van der Waals surface area contributed by atoms with Crippen molar-refractivity contribution in [3.63, 3.8) is 0 Å². The fourth-order valence-electron chi connectivity index (χ4n) is 2.48. The lowest BCUT2D eigenvalue weighted by Crippen LogP contribution is -2.22. The molecule has 0 saturated carbocycles. The van der Waals surface area contributed by atoms with Crippen LogP contribution in [0.2, 0.25) is 5.02 Å². The highest BCUT2D eigenvalue weighted by Crippen LogP contribution is 2.28. The van der Waals surface area contributed by atoms with Crippen molar-refractivity contribution in [1.29, 1.82) is 0 Å². The first kappa shape index (κ1) is 22.9.